The minimum Gasteiger partial charge on any atom is -0.465 e. The van der Waals surface area contributed by atoms with E-state index in [0.29, 0.717) is 12.1 Å². The number of esters is 1. The summed E-state index contributed by atoms with van der Waals surface area (Å²) in [7, 11) is 4.52. The van der Waals surface area contributed by atoms with Crippen LogP contribution in [-0.2, 0) is 14.2 Å². The molecule has 18 heavy (non-hydrogen) atoms. The summed E-state index contributed by atoms with van der Waals surface area (Å²) in [5, 5.41) is 3.18. The summed E-state index contributed by atoms with van der Waals surface area (Å²) < 4.78 is 14.9. The van der Waals surface area contributed by atoms with E-state index in [-0.39, 0.29) is 12.3 Å². The number of aryl methyl sites for hydroxylation is 1. The Morgan fingerprint density at radius 2 is 1.94 bits per heavy atom. The molecular formula is C13H19NO4. The number of rotatable bonds is 6. The molecule has 0 aliphatic rings. The Bertz CT molecular complexity index is 402. The highest BCUT2D eigenvalue weighted by Gasteiger charge is 2.09. The average molecular weight is 253 g/mol. The molecule has 100 valence electrons. The second-order valence-corrected chi connectivity index (χ2v) is 3.80. The number of benzene rings is 1. The van der Waals surface area contributed by atoms with Crippen molar-refractivity contribution in [1.29, 1.82) is 0 Å². The zero-order valence-corrected chi connectivity index (χ0v) is 11.1. The highest BCUT2D eigenvalue weighted by atomic mass is 16.7. The molecule has 0 spiro atoms. The van der Waals surface area contributed by atoms with E-state index in [1.807, 2.05) is 13.0 Å². The SMILES string of the molecule is COC(=O)c1ccc(C)c(NCC(OC)OC)c1. The molecule has 0 atom stereocenters. The summed E-state index contributed by atoms with van der Waals surface area (Å²) >= 11 is 0. The Kier molecular flexibility index (Phi) is 5.61. The lowest BCUT2D eigenvalue weighted by Gasteiger charge is -2.16. The summed E-state index contributed by atoms with van der Waals surface area (Å²) in [6, 6.07) is 5.35. The zero-order valence-electron chi connectivity index (χ0n) is 11.1. The fraction of sp³-hybridized carbons (Fsp3) is 0.462. The molecule has 0 aromatic heterocycles. The van der Waals surface area contributed by atoms with Crippen molar-refractivity contribution in [2.45, 2.75) is 13.2 Å². The molecule has 1 aromatic carbocycles. The minimum atomic E-state index is -0.354. The number of carbonyl (C=O) groups excluding carboxylic acids is 1. The highest BCUT2D eigenvalue weighted by Crippen LogP contribution is 2.17. The number of carbonyl (C=O) groups is 1. The highest BCUT2D eigenvalue weighted by molar-refractivity contribution is 5.90. The second-order valence-electron chi connectivity index (χ2n) is 3.80. The maximum atomic E-state index is 11.4. The first-order valence-electron chi connectivity index (χ1n) is 5.60. The van der Waals surface area contributed by atoms with E-state index in [4.69, 9.17) is 9.47 Å². The topological polar surface area (TPSA) is 56.8 Å². The van der Waals surface area contributed by atoms with E-state index in [1.165, 1.54) is 7.11 Å². The Morgan fingerprint density at radius 1 is 1.28 bits per heavy atom. The molecule has 1 aromatic rings. The van der Waals surface area contributed by atoms with Gasteiger partial charge in [0.05, 0.1) is 19.2 Å². The van der Waals surface area contributed by atoms with Crippen LogP contribution in [0.15, 0.2) is 18.2 Å². The molecule has 0 saturated carbocycles. The van der Waals surface area contributed by atoms with Crippen molar-refractivity contribution in [1.82, 2.24) is 0 Å². The first-order valence-corrected chi connectivity index (χ1v) is 5.60. The van der Waals surface area contributed by atoms with Crippen LogP contribution >= 0.6 is 0 Å². The summed E-state index contributed by atoms with van der Waals surface area (Å²) in [4.78, 5) is 11.4. The number of ether oxygens (including phenoxy) is 3. The van der Waals surface area contributed by atoms with Crippen LogP contribution in [0.1, 0.15) is 15.9 Å². The lowest BCUT2D eigenvalue weighted by molar-refractivity contribution is -0.0914. The Labute approximate surface area is 107 Å². The molecule has 0 radical (unpaired) electrons. The molecule has 0 fully saturated rings. The van der Waals surface area contributed by atoms with E-state index in [2.05, 4.69) is 10.1 Å². The van der Waals surface area contributed by atoms with Gasteiger partial charge in [-0.05, 0) is 24.6 Å². The van der Waals surface area contributed by atoms with E-state index in [9.17, 15) is 4.79 Å². The van der Waals surface area contributed by atoms with Crippen LogP contribution in [-0.4, -0.2) is 40.1 Å². The van der Waals surface area contributed by atoms with Crippen molar-refractivity contribution in [3.8, 4) is 0 Å². The average Bonchev–Trinajstić information content (AvgIpc) is 2.40. The molecule has 5 heteroatoms. The van der Waals surface area contributed by atoms with Gasteiger partial charge in [-0.3, -0.25) is 0 Å². The van der Waals surface area contributed by atoms with Gasteiger partial charge in [-0.1, -0.05) is 6.07 Å². The predicted molar refractivity (Wildman–Crippen MR) is 68.8 cm³/mol. The molecule has 0 heterocycles. The third-order valence-corrected chi connectivity index (χ3v) is 2.64. The number of methoxy groups -OCH3 is 3. The number of hydrogen-bond donors (Lipinski definition) is 1. The second kappa shape index (κ2) is 6.98. The third kappa shape index (κ3) is 3.72. The van der Waals surface area contributed by atoms with Crippen LogP contribution in [0.2, 0.25) is 0 Å². The molecule has 5 nitrogen and oxygen atoms in total. The minimum absolute atomic E-state index is 0.328. The van der Waals surface area contributed by atoms with Gasteiger partial charge in [-0.15, -0.1) is 0 Å². The van der Waals surface area contributed by atoms with Crippen LogP contribution < -0.4 is 5.32 Å². The molecule has 0 amide bonds. The number of anilines is 1. The first-order chi connectivity index (χ1) is 8.62. The predicted octanol–water partition coefficient (Wildman–Crippen LogP) is 1.81. The molecule has 0 saturated heterocycles. The van der Waals surface area contributed by atoms with Gasteiger partial charge in [-0.25, -0.2) is 4.79 Å². The monoisotopic (exact) mass is 253 g/mol. The maximum absolute atomic E-state index is 11.4. The number of hydrogen-bond acceptors (Lipinski definition) is 5. The van der Waals surface area contributed by atoms with Crippen molar-refractivity contribution in [3.63, 3.8) is 0 Å². The standard InChI is InChI=1S/C13H19NO4/c1-9-5-6-10(13(15)18-4)7-11(9)14-8-12(16-2)17-3/h5-7,12,14H,8H2,1-4H3. The van der Waals surface area contributed by atoms with E-state index >= 15 is 0 Å². The molecule has 0 aliphatic carbocycles. The normalized spacial score (nSPS) is 10.5. The van der Waals surface area contributed by atoms with E-state index < -0.39 is 0 Å². The summed E-state index contributed by atoms with van der Waals surface area (Å²) in [6.45, 7) is 2.45. The van der Waals surface area contributed by atoms with Crippen LogP contribution in [0.5, 0.6) is 0 Å². The molecule has 0 bridgehead atoms. The van der Waals surface area contributed by atoms with Crippen LogP contribution in [0.4, 0.5) is 5.69 Å². The first kappa shape index (κ1) is 14.5. The Balaban J connectivity index is 2.78. The van der Waals surface area contributed by atoms with E-state index in [1.54, 1.807) is 26.4 Å². The lowest BCUT2D eigenvalue weighted by atomic mass is 10.1. The van der Waals surface area contributed by atoms with Crippen molar-refractivity contribution in [3.05, 3.63) is 29.3 Å². The van der Waals surface area contributed by atoms with Gasteiger partial charge in [0, 0.05) is 19.9 Å². The summed E-state index contributed by atoms with van der Waals surface area (Å²) in [6.07, 6.45) is -0.328. The van der Waals surface area contributed by atoms with E-state index in [0.717, 1.165) is 11.3 Å². The Hall–Kier alpha value is -1.59. The third-order valence-electron chi connectivity index (χ3n) is 2.64. The van der Waals surface area contributed by atoms with Gasteiger partial charge in [0.15, 0.2) is 6.29 Å². The van der Waals surface area contributed by atoms with Crippen molar-refractivity contribution in [2.24, 2.45) is 0 Å². The van der Waals surface area contributed by atoms with Crippen molar-refractivity contribution < 1.29 is 19.0 Å². The molecule has 1 rings (SSSR count). The van der Waals surface area contributed by atoms with Crippen LogP contribution in [0, 0.1) is 6.92 Å². The quantitative estimate of drug-likeness (QED) is 0.619. The smallest absolute Gasteiger partial charge is 0.337 e. The number of nitrogens with one attached hydrogen (secondary N) is 1. The summed E-state index contributed by atoms with van der Waals surface area (Å²) in [5.41, 5.74) is 2.41. The van der Waals surface area contributed by atoms with Gasteiger partial charge in [0.2, 0.25) is 0 Å². The van der Waals surface area contributed by atoms with Crippen molar-refractivity contribution in [2.75, 3.05) is 33.2 Å². The van der Waals surface area contributed by atoms with Gasteiger partial charge < -0.3 is 19.5 Å². The fourth-order valence-corrected chi connectivity index (χ4v) is 1.51. The van der Waals surface area contributed by atoms with Crippen LogP contribution in [0.3, 0.4) is 0 Å². The van der Waals surface area contributed by atoms with Gasteiger partial charge in [-0.2, -0.15) is 0 Å². The Morgan fingerprint density at radius 3 is 2.50 bits per heavy atom. The van der Waals surface area contributed by atoms with Crippen molar-refractivity contribution >= 4 is 11.7 Å². The maximum Gasteiger partial charge on any atom is 0.337 e. The zero-order chi connectivity index (χ0) is 13.5. The molecular weight excluding hydrogens is 234 g/mol. The van der Waals surface area contributed by atoms with Gasteiger partial charge in [0.25, 0.3) is 0 Å². The lowest BCUT2D eigenvalue weighted by Crippen LogP contribution is -2.24. The molecule has 1 N–H and O–H groups in total. The fourth-order valence-electron chi connectivity index (χ4n) is 1.51. The van der Waals surface area contributed by atoms with Gasteiger partial charge >= 0.3 is 5.97 Å². The largest absolute Gasteiger partial charge is 0.465 e. The molecule has 0 aliphatic heterocycles. The molecule has 0 unspecified atom stereocenters. The van der Waals surface area contributed by atoms with Gasteiger partial charge in [0.1, 0.15) is 0 Å². The summed E-state index contributed by atoms with van der Waals surface area (Å²) in [5.74, 6) is -0.354. The van der Waals surface area contributed by atoms with Crippen LogP contribution in [0.25, 0.3) is 0 Å².